The van der Waals surface area contributed by atoms with Gasteiger partial charge in [0.15, 0.2) is 0 Å². The molecule has 3 heteroatoms. The van der Waals surface area contributed by atoms with Crippen LogP contribution in [-0.2, 0) is 13.0 Å². The molecular weight excluding hydrogens is 234 g/mol. The molecule has 0 aliphatic heterocycles. The van der Waals surface area contributed by atoms with Crippen LogP contribution in [0.1, 0.15) is 49.6 Å². The third-order valence-electron chi connectivity index (χ3n) is 3.89. The normalized spacial score (nSPS) is 18.6. The second kappa shape index (κ2) is 5.16. The minimum atomic E-state index is 0.422. The van der Waals surface area contributed by atoms with Gasteiger partial charge in [0.2, 0.25) is 0 Å². The molecule has 3 rings (SSSR count). The summed E-state index contributed by atoms with van der Waals surface area (Å²) >= 11 is 0. The van der Waals surface area contributed by atoms with E-state index in [1.54, 1.807) is 0 Å². The smallest absolute Gasteiger partial charge is 0.140 e. The molecule has 1 atom stereocenters. The van der Waals surface area contributed by atoms with Crippen LogP contribution in [-0.4, -0.2) is 14.8 Å². The van der Waals surface area contributed by atoms with Crippen molar-refractivity contribution in [1.29, 1.82) is 0 Å². The topological polar surface area (TPSA) is 30.7 Å². The van der Waals surface area contributed by atoms with Crippen molar-refractivity contribution in [3.63, 3.8) is 0 Å². The lowest BCUT2D eigenvalue weighted by Crippen LogP contribution is -2.17. The maximum Gasteiger partial charge on any atom is 0.140 e. The Labute approximate surface area is 114 Å². The van der Waals surface area contributed by atoms with Gasteiger partial charge in [0.1, 0.15) is 12.2 Å². The van der Waals surface area contributed by atoms with Crippen LogP contribution in [0.2, 0.25) is 0 Å². The highest BCUT2D eigenvalue weighted by molar-refractivity contribution is 5.36. The maximum atomic E-state index is 4.40. The number of nitrogens with zero attached hydrogens (tertiary/aromatic N) is 3. The Kier molecular flexibility index (Phi) is 3.36. The number of rotatable bonds is 3. The van der Waals surface area contributed by atoms with E-state index in [1.165, 1.54) is 30.4 Å². The van der Waals surface area contributed by atoms with Crippen LogP contribution >= 0.6 is 0 Å². The summed E-state index contributed by atoms with van der Waals surface area (Å²) in [7, 11) is 0. The predicted octanol–water partition coefficient (Wildman–Crippen LogP) is 3.40. The largest absolute Gasteiger partial charge is 0.317 e. The van der Waals surface area contributed by atoms with Gasteiger partial charge < -0.3 is 4.57 Å². The van der Waals surface area contributed by atoms with Crippen LogP contribution in [0, 0.1) is 5.92 Å². The number of benzene rings is 1. The minimum Gasteiger partial charge on any atom is -0.317 e. The molecule has 0 spiro atoms. The molecule has 19 heavy (non-hydrogen) atoms. The van der Waals surface area contributed by atoms with Gasteiger partial charge in [-0.3, -0.25) is 0 Å². The fourth-order valence-electron chi connectivity index (χ4n) is 3.09. The molecule has 0 bridgehead atoms. The van der Waals surface area contributed by atoms with E-state index in [9.17, 15) is 0 Å². The molecule has 0 radical (unpaired) electrons. The molecule has 0 amide bonds. The molecule has 1 unspecified atom stereocenters. The zero-order valence-corrected chi connectivity index (χ0v) is 11.7. The van der Waals surface area contributed by atoms with Crippen LogP contribution < -0.4 is 0 Å². The molecule has 100 valence electrons. The first kappa shape index (κ1) is 12.4. The Hall–Kier alpha value is -1.64. The maximum absolute atomic E-state index is 4.40. The second-order valence-corrected chi connectivity index (χ2v) is 5.88. The van der Waals surface area contributed by atoms with Crippen molar-refractivity contribution >= 4 is 0 Å². The van der Waals surface area contributed by atoms with E-state index in [1.807, 2.05) is 6.33 Å². The Morgan fingerprint density at radius 3 is 3.00 bits per heavy atom. The SMILES string of the molecule is CC(C)Cn1cnnc1C1CCCc2ccccc21. The average Bonchev–Trinajstić information content (AvgIpc) is 2.85. The highest BCUT2D eigenvalue weighted by atomic mass is 15.3. The van der Waals surface area contributed by atoms with Crippen molar-refractivity contribution in [3.05, 3.63) is 47.5 Å². The first-order valence-corrected chi connectivity index (χ1v) is 7.21. The lowest BCUT2D eigenvalue weighted by molar-refractivity contribution is 0.482. The van der Waals surface area contributed by atoms with Crippen molar-refractivity contribution in [2.45, 2.75) is 45.6 Å². The van der Waals surface area contributed by atoms with Crippen molar-refractivity contribution in [3.8, 4) is 0 Å². The molecule has 3 nitrogen and oxygen atoms in total. The molecule has 0 N–H and O–H groups in total. The Bertz CT molecular complexity index is 557. The van der Waals surface area contributed by atoms with Crippen molar-refractivity contribution in [2.75, 3.05) is 0 Å². The van der Waals surface area contributed by atoms with Gasteiger partial charge in [-0.15, -0.1) is 10.2 Å². The molecule has 1 aliphatic rings. The average molecular weight is 255 g/mol. The van der Waals surface area contributed by atoms with Gasteiger partial charge in [-0.1, -0.05) is 38.1 Å². The quantitative estimate of drug-likeness (QED) is 0.841. The summed E-state index contributed by atoms with van der Waals surface area (Å²) in [6.45, 7) is 5.47. The van der Waals surface area contributed by atoms with Gasteiger partial charge >= 0.3 is 0 Å². The van der Waals surface area contributed by atoms with E-state index in [0.717, 1.165) is 12.4 Å². The molecule has 1 aromatic carbocycles. The summed E-state index contributed by atoms with van der Waals surface area (Å²) in [6, 6.07) is 8.79. The third kappa shape index (κ3) is 2.42. The van der Waals surface area contributed by atoms with Crippen molar-refractivity contribution in [1.82, 2.24) is 14.8 Å². The first-order valence-electron chi connectivity index (χ1n) is 7.21. The van der Waals surface area contributed by atoms with E-state index < -0.39 is 0 Å². The van der Waals surface area contributed by atoms with Gasteiger partial charge in [-0.2, -0.15) is 0 Å². The zero-order valence-electron chi connectivity index (χ0n) is 11.7. The fraction of sp³-hybridized carbons (Fsp3) is 0.500. The number of hydrogen-bond acceptors (Lipinski definition) is 2. The molecule has 1 heterocycles. The Morgan fingerprint density at radius 2 is 2.16 bits per heavy atom. The van der Waals surface area contributed by atoms with Crippen LogP contribution in [0.15, 0.2) is 30.6 Å². The van der Waals surface area contributed by atoms with E-state index in [4.69, 9.17) is 0 Å². The first-order chi connectivity index (χ1) is 9.25. The van der Waals surface area contributed by atoms with Gasteiger partial charge in [0.25, 0.3) is 0 Å². The standard InChI is InChI=1S/C16H21N3/c1-12(2)10-19-11-17-18-16(19)15-9-5-7-13-6-3-4-8-14(13)15/h3-4,6,8,11-12,15H,5,7,9-10H2,1-2H3. The summed E-state index contributed by atoms with van der Waals surface area (Å²) < 4.78 is 2.23. The molecule has 0 saturated carbocycles. The summed E-state index contributed by atoms with van der Waals surface area (Å²) in [5.41, 5.74) is 2.93. The molecule has 0 saturated heterocycles. The number of aryl methyl sites for hydroxylation is 1. The summed E-state index contributed by atoms with van der Waals surface area (Å²) in [5.74, 6) is 2.18. The Morgan fingerprint density at radius 1 is 1.32 bits per heavy atom. The highest BCUT2D eigenvalue weighted by Crippen LogP contribution is 2.35. The van der Waals surface area contributed by atoms with E-state index >= 15 is 0 Å². The van der Waals surface area contributed by atoms with E-state index in [2.05, 4.69) is 52.9 Å². The number of fused-ring (bicyclic) bond motifs is 1. The van der Waals surface area contributed by atoms with Crippen LogP contribution in [0.5, 0.6) is 0 Å². The number of hydrogen-bond donors (Lipinski definition) is 0. The van der Waals surface area contributed by atoms with E-state index in [0.29, 0.717) is 11.8 Å². The lowest BCUT2D eigenvalue weighted by Gasteiger charge is -2.25. The van der Waals surface area contributed by atoms with Gasteiger partial charge in [-0.05, 0) is 36.3 Å². The molecule has 1 aromatic heterocycles. The summed E-state index contributed by atoms with van der Waals surface area (Å²) in [5, 5.41) is 8.54. The monoisotopic (exact) mass is 255 g/mol. The molecule has 0 fully saturated rings. The Balaban J connectivity index is 1.98. The molecule has 2 aromatic rings. The van der Waals surface area contributed by atoms with Gasteiger partial charge in [0, 0.05) is 12.5 Å². The van der Waals surface area contributed by atoms with Gasteiger partial charge in [-0.25, -0.2) is 0 Å². The zero-order chi connectivity index (χ0) is 13.2. The second-order valence-electron chi connectivity index (χ2n) is 5.88. The van der Waals surface area contributed by atoms with E-state index in [-0.39, 0.29) is 0 Å². The van der Waals surface area contributed by atoms with Gasteiger partial charge in [0.05, 0.1) is 0 Å². The highest BCUT2D eigenvalue weighted by Gasteiger charge is 2.25. The summed E-state index contributed by atoms with van der Waals surface area (Å²) in [6.07, 6.45) is 5.52. The van der Waals surface area contributed by atoms with Crippen LogP contribution in [0.4, 0.5) is 0 Å². The predicted molar refractivity (Wildman–Crippen MR) is 76.1 cm³/mol. The minimum absolute atomic E-state index is 0.422. The fourth-order valence-corrected chi connectivity index (χ4v) is 3.09. The van der Waals surface area contributed by atoms with Crippen molar-refractivity contribution in [2.24, 2.45) is 5.92 Å². The lowest BCUT2D eigenvalue weighted by atomic mass is 9.82. The van der Waals surface area contributed by atoms with Crippen LogP contribution in [0.25, 0.3) is 0 Å². The number of aromatic nitrogens is 3. The summed E-state index contributed by atoms with van der Waals surface area (Å²) in [4.78, 5) is 0. The van der Waals surface area contributed by atoms with Crippen molar-refractivity contribution < 1.29 is 0 Å². The molecular formula is C16H21N3. The molecule has 1 aliphatic carbocycles. The van der Waals surface area contributed by atoms with Crippen LogP contribution in [0.3, 0.4) is 0 Å². The third-order valence-corrected chi connectivity index (χ3v) is 3.89.